The van der Waals surface area contributed by atoms with Crippen LogP contribution in [0.3, 0.4) is 0 Å². The van der Waals surface area contributed by atoms with Gasteiger partial charge in [-0.3, -0.25) is 9.78 Å². The van der Waals surface area contributed by atoms with Crippen molar-refractivity contribution in [3.05, 3.63) is 28.5 Å². The standard InChI is InChI=1S/C11H15ClN2O2/c1-3-16-5-4-13-11(15)9-7-14-8(2)6-10(9)12/h6-7H,3-5H2,1-2H3,(H,13,15). The number of amides is 1. The van der Waals surface area contributed by atoms with Crippen molar-refractivity contribution in [2.75, 3.05) is 19.8 Å². The number of aryl methyl sites for hydroxylation is 1. The highest BCUT2D eigenvalue weighted by atomic mass is 35.5. The summed E-state index contributed by atoms with van der Waals surface area (Å²) in [5.41, 5.74) is 1.18. The van der Waals surface area contributed by atoms with E-state index in [1.165, 1.54) is 6.20 Å². The predicted molar refractivity (Wildman–Crippen MR) is 62.8 cm³/mol. The minimum absolute atomic E-state index is 0.225. The minimum atomic E-state index is -0.225. The number of hydrogen-bond acceptors (Lipinski definition) is 3. The van der Waals surface area contributed by atoms with Gasteiger partial charge in [-0.15, -0.1) is 0 Å². The van der Waals surface area contributed by atoms with Gasteiger partial charge in [-0.05, 0) is 19.9 Å². The van der Waals surface area contributed by atoms with E-state index in [1.807, 2.05) is 13.8 Å². The molecule has 0 unspecified atom stereocenters. The van der Waals surface area contributed by atoms with Gasteiger partial charge in [0.25, 0.3) is 5.91 Å². The van der Waals surface area contributed by atoms with Crippen molar-refractivity contribution in [3.8, 4) is 0 Å². The first-order valence-electron chi connectivity index (χ1n) is 5.13. The fourth-order valence-corrected chi connectivity index (χ4v) is 1.46. The third-order valence-corrected chi connectivity index (χ3v) is 2.28. The summed E-state index contributed by atoms with van der Waals surface area (Å²) in [4.78, 5) is 15.7. The molecule has 0 saturated heterocycles. The van der Waals surface area contributed by atoms with Crippen LogP contribution < -0.4 is 5.32 Å². The SMILES string of the molecule is CCOCCNC(=O)c1cnc(C)cc1Cl. The molecular formula is C11H15ClN2O2. The van der Waals surface area contributed by atoms with Crippen molar-refractivity contribution in [3.63, 3.8) is 0 Å². The zero-order chi connectivity index (χ0) is 12.0. The second-order valence-corrected chi connectivity index (χ2v) is 3.67. The molecule has 1 aromatic heterocycles. The van der Waals surface area contributed by atoms with Crippen LogP contribution in [0.2, 0.25) is 5.02 Å². The predicted octanol–water partition coefficient (Wildman–Crippen LogP) is 1.81. The normalized spacial score (nSPS) is 10.2. The molecule has 0 atom stereocenters. The van der Waals surface area contributed by atoms with Crippen LogP contribution in [0.4, 0.5) is 0 Å². The summed E-state index contributed by atoms with van der Waals surface area (Å²) in [6.45, 7) is 5.34. The Balaban J connectivity index is 2.53. The van der Waals surface area contributed by atoms with Gasteiger partial charge in [0.05, 0.1) is 17.2 Å². The van der Waals surface area contributed by atoms with Gasteiger partial charge < -0.3 is 10.1 Å². The summed E-state index contributed by atoms with van der Waals surface area (Å²) in [5, 5.41) is 3.12. The molecule has 1 aromatic rings. The number of nitrogens with one attached hydrogen (secondary N) is 1. The number of halogens is 1. The van der Waals surface area contributed by atoms with Crippen LogP contribution in [0.5, 0.6) is 0 Å². The van der Waals surface area contributed by atoms with Gasteiger partial charge in [0.1, 0.15) is 0 Å². The first-order valence-corrected chi connectivity index (χ1v) is 5.51. The molecule has 0 aliphatic carbocycles. The average molecular weight is 243 g/mol. The zero-order valence-electron chi connectivity index (χ0n) is 9.42. The van der Waals surface area contributed by atoms with Crippen molar-refractivity contribution in [1.29, 1.82) is 0 Å². The summed E-state index contributed by atoms with van der Waals surface area (Å²) < 4.78 is 5.11. The van der Waals surface area contributed by atoms with E-state index in [2.05, 4.69) is 10.3 Å². The quantitative estimate of drug-likeness (QED) is 0.802. The maximum atomic E-state index is 11.6. The molecule has 1 heterocycles. The molecule has 0 aliphatic heterocycles. The highest BCUT2D eigenvalue weighted by Gasteiger charge is 2.10. The molecular weight excluding hydrogens is 228 g/mol. The Morgan fingerprint density at radius 1 is 1.62 bits per heavy atom. The third kappa shape index (κ3) is 3.79. The highest BCUT2D eigenvalue weighted by Crippen LogP contribution is 2.15. The van der Waals surface area contributed by atoms with Gasteiger partial charge in [0.15, 0.2) is 0 Å². The molecule has 0 aromatic carbocycles. The summed E-state index contributed by atoms with van der Waals surface area (Å²) in [6.07, 6.45) is 1.48. The molecule has 0 radical (unpaired) electrons. The molecule has 5 heteroatoms. The van der Waals surface area contributed by atoms with Crippen molar-refractivity contribution in [2.24, 2.45) is 0 Å². The topological polar surface area (TPSA) is 51.2 Å². The molecule has 0 saturated carbocycles. The molecule has 0 spiro atoms. The molecule has 0 aliphatic rings. The number of aromatic nitrogens is 1. The monoisotopic (exact) mass is 242 g/mol. The van der Waals surface area contributed by atoms with E-state index in [1.54, 1.807) is 6.07 Å². The van der Waals surface area contributed by atoms with Gasteiger partial charge >= 0.3 is 0 Å². The Bertz CT molecular complexity index is 369. The number of ether oxygens (including phenoxy) is 1. The van der Waals surface area contributed by atoms with Crippen molar-refractivity contribution < 1.29 is 9.53 Å². The maximum absolute atomic E-state index is 11.6. The summed E-state index contributed by atoms with van der Waals surface area (Å²) in [6, 6.07) is 1.67. The van der Waals surface area contributed by atoms with Crippen LogP contribution >= 0.6 is 11.6 Å². The second kappa shape index (κ2) is 6.45. The van der Waals surface area contributed by atoms with Crippen molar-refractivity contribution in [1.82, 2.24) is 10.3 Å². The van der Waals surface area contributed by atoms with Crippen LogP contribution in [-0.2, 0) is 4.74 Å². The molecule has 1 amide bonds. The highest BCUT2D eigenvalue weighted by molar-refractivity contribution is 6.33. The Hall–Kier alpha value is -1.13. The summed E-state index contributed by atoms with van der Waals surface area (Å²) in [5.74, 6) is -0.225. The van der Waals surface area contributed by atoms with Crippen LogP contribution in [0.25, 0.3) is 0 Å². The second-order valence-electron chi connectivity index (χ2n) is 3.26. The minimum Gasteiger partial charge on any atom is -0.380 e. The van der Waals surface area contributed by atoms with Crippen LogP contribution in [0, 0.1) is 6.92 Å². The molecule has 1 rings (SSSR count). The van der Waals surface area contributed by atoms with Gasteiger partial charge in [0.2, 0.25) is 0 Å². The van der Waals surface area contributed by atoms with E-state index in [9.17, 15) is 4.79 Å². The Labute approximate surface area is 100.0 Å². The van der Waals surface area contributed by atoms with Gasteiger partial charge in [-0.2, -0.15) is 0 Å². The third-order valence-electron chi connectivity index (χ3n) is 1.97. The van der Waals surface area contributed by atoms with E-state index in [0.717, 1.165) is 5.69 Å². The van der Waals surface area contributed by atoms with Crippen LogP contribution in [-0.4, -0.2) is 30.6 Å². The summed E-state index contributed by atoms with van der Waals surface area (Å²) >= 11 is 5.93. The van der Waals surface area contributed by atoms with Crippen molar-refractivity contribution >= 4 is 17.5 Å². The maximum Gasteiger partial charge on any atom is 0.254 e. The average Bonchev–Trinajstić information content (AvgIpc) is 2.24. The molecule has 4 nitrogen and oxygen atoms in total. The largest absolute Gasteiger partial charge is 0.380 e. The fraction of sp³-hybridized carbons (Fsp3) is 0.455. The lowest BCUT2D eigenvalue weighted by molar-refractivity contribution is 0.0922. The van der Waals surface area contributed by atoms with Gasteiger partial charge in [-0.1, -0.05) is 11.6 Å². The Morgan fingerprint density at radius 3 is 3.00 bits per heavy atom. The fourth-order valence-electron chi connectivity index (χ4n) is 1.17. The number of rotatable bonds is 5. The summed E-state index contributed by atoms with van der Waals surface area (Å²) in [7, 11) is 0. The number of nitrogens with zero attached hydrogens (tertiary/aromatic N) is 1. The van der Waals surface area contributed by atoms with Crippen molar-refractivity contribution in [2.45, 2.75) is 13.8 Å². The number of hydrogen-bond donors (Lipinski definition) is 1. The Morgan fingerprint density at radius 2 is 2.38 bits per heavy atom. The zero-order valence-corrected chi connectivity index (χ0v) is 10.2. The molecule has 88 valence electrons. The number of pyridine rings is 1. The van der Waals surface area contributed by atoms with Crippen LogP contribution in [0.1, 0.15) is 23.0 Å². The van der Waals surface area contributed by atoms with E-state index in [4.69, 9.17) is 16.3 Å². The van der Waals surface area contributed by atoms with Gasteiger partial charge in [-0.25, -0.2) is 0 Å². The first kappa shape index (κ1) is 12.9. The van der Waals surface area contributed by atoms with E-state index in [-0.39, 0.29) is 5.91 Å². The lowest BCUT2D eigenvalue weighted by Crippen LogP contribution is -2.27. The van der Waals surface area contributed by atoms with E-state index >= 15 is 0 Å². The lowest BCUT2D eigenvalue weighted by atomic mass is 10.2. The number of carbonyl (C=O) groups is 1. The molecule has 0 fully saturated rings. The van der Waals surface area contributed by atoms with E-state index in [0.29, 0.717) is 30.3 Å². The van der Waals surface area contributed by atoms with Crippen LogP contribution in [0.15, 0.2) is 12.3 Å². The van der Waals surface area contributed by atoms with Gasteiger partial charge in [0, 0.05) is 25.0 Å². The number of carbonyl (C=O) groups excluding carboxylic acids is 1. The lowest BCUT2D eigenvalue weighted by Gasteiger charge is -2.06. The molecule has 0 bridgehead atoms. The Kier molecular flexibility index (Phi) is 5.22. The van der Waals surface area contributed by atoms with E-state index < -0.39 is 0 Å². The first-order chi connectivity index (χ1) is 7.65. The molecule has 16 heavy (non-hydrogen) atoms. The molecule has 1 N–H and O–H groups in total. The smallest absolute Gasteiger partial charge is 0.254 e.